The van der Waals surface area contributed by atoms with Crippen molar-refractivity contribution >= 4 is 38.9 Å². The smallest absolute Gasteiger partial charge is 0.320 e. The molecule has 1 N–H and O–H groups in total. The Morgan fingerprint density at radius 3 is 2.55 bits per heavy atom. The van der Waals surface area contributed by atoms with Gasteiger partial charge in [0.05, 0.1) is 20.5 Å². The van der Waals surface area contributed by atoms with Gasteiger partial charge in [-0.3, -0.25) is 4.79 Å². The van der Waals surface area contributed by atoms with Crippen LogP contribution >= 0.6 is 27.3 Å². The Kier molecular flexibility index (Phi) is 4.14. The highest BCUT2D eigenvalue weighted by molar-refractivity contribution is 9.11. The number of thiophene rings is 1. The van der Waals surface area contributed by atoms with Crippen molar-refractivity contribution in [2.24, 2.45) is 0 Å². The lowest BCUT2D eigenvalue weighted by Gasteiger charge is -2.07. The molecule has 8 heteroatoms. The summed E-state index contributed by atoms with van der Waals surface area (Å²) in [5, 5.41) is 2.50. The molecule has 2 heterocycles. The van der Waals surface area contributed by atoms with Gasteiger partial charge < -0.3 is 5.32 Å². The van der Waals surface area contributed by atoms with Crippen molar-refractivity contribution in [1.29, 1.82) is 0 Å². The van der Waals surface area contributed by atoms with E-state index in [0.717, 1.165) is 21.6 Å². The van der Waals surface area contributed by atoms with Crippen LogP contribution in [0.5, 0.6) is 0 Å². The van der Waals surface area contributed by atoms with Crippen LogP contribution in [0.3, 0.4) is 0 Å². The monoisotopic (exact) mass is 364 g/mol. The number of aromatic nitrogens is 1. The van der Waals surface area contributed by atoms with Gasteiger partial charge >= 0.3 is 6.18 Å². The number of carbonyl (C=O) groups excluding carboxylic acids is 1. The second-order valence-electron chi connectivity index (χ2n) is 3.95. The standard InChI is InChI=1S/C12H8BrF3N2OS/c1-6-4-8(20-10(6)13)11(19)18-7-2-3-9(17-5-7)12(14,15)16/h2-5H,1H3,(H,18,19). The molecule has 20 heavy (non-hydrogen) atoms. The van der Waals surface area contributed by atoms with Crippen molar-refractivity contribution in [2.75, 3.05) is 5.32 Å². The number of nitrogens with zero attached hydrogens (tertiary/aromatic N) is 1. The van der Waals surface area contributed by atoms with E-state index in [4.69, 9.17) is 0 Å². The molecule has 0 atom stereocenters. The molecule has 2 aromatic heterocycles. The van der Waals surface area contributed by atoms with Crippen LogP contribution in [-0.2, 0) is 6.18 Å². The first-order chi connectivity index (χ1) is 9.27. The third kappa shape index (κ3) is 3.37. The molecule has 0 aliphatic carbocycles. The molecular weight excluding hydrogens is 357 g/mol. The normalized spacial score (nSPS) is 11.4. The summed E-state index contributed by atoms with van der Waals surface area (Å²) < 4.78 is 37.9. The van der Waals surface area contributed by atoms with E-state index < -0.39 is 11.9 Å². The topological polar surface area (TPSA) is 42.0 Å². The first-order valence-electron chi connectivity index (χ1n) is 5.38. The summed E-state index contributed by atoms with van der Waals surface area (Å²) in [5.74, 6) is -0.384. The molecule has 0 bridgehead atoms. The minimum Gasteiger partial charge on any atom is -0.320 e. The van der Waals surface area contributed by atoms with E-state index in [9.17, 15) is 18.0 Å². The summed E-state index contributed by atoms with van der Waals surface area (Å²) >= 11 is 4.56. The molecule has 3 nitrogen and oxygen atoms in total. The number of alkyl halides is 3. The van der Waals surface area contributed by atoms with Crippen LogP contribution in [0.2, 0.25) is 0 Å². The van der Waals surface area contributed by atoms with Crippen molar-refractivity contribution in [2.45, 2.75) is 13.1 Å². The van der Waals surface area contributed by atoms with Crippen molar-refractivity contribution in [3.63, 3.8) is 0 Å². The zero-order valence-electron chi connectivity index (χ0n) is 10.1. The average molecular weight is 365 g/mol. The van der Waals surface area contributed by atoms with Crippen LogP contribution < -0.4 is 5.32 Å². The third-order valence-corrected chi connectivity index (χ3v) is 4.53. The molecule has 0 radical (unpaired) electrons. The summed E-state index contributed by atoms with van der Waals surface area (Å²) in [7, 11) is 0. The molecule has 0 unspecified atom stereocenters. The summed E-state index contributed by atoms with van der Waals surface area (Å²) in [6.45, 7) is 1.84. The SMILES string of the molecule is Cc1cc(C(=O)Nc2ccc(C(F)(F)F)nc2)sc1Br. The summed E-state index contributed by atoms with van der Waals surface area (Å²) in [4.78, 5) is 15.6. The predicted molar refractivity (Wildman–Crippen MR) is 73.9 cm³/mol. The van der Waals surface area contributed by atoms with Crippen LogP contribution in [0.4, 0.5) is 18.9 Å². The maximum Gasteiger partial charge on any atom is 0.433 e. The number of rotatable bonds is 2. The predicted octanol–water partition coefficient (Wildman–Crippen LogP) is 4.49. The number of aryl methyl sites for hydroxylation is 1. The molecule has 106 valence electrons. The maximum absolute atomic E-state index is 12.3. The van der Waals surface area contributed by atoms with Gasteiger partial charge in [-0.1, -0.05) is 0 Å². The number of nitrogens with one attached hydrogen (secondary N) is 1. The van der Waals surface area contributed by atoms with E-state index in [1.807, 2.05) is 6.92 Å². The van der Waals surface area contributed by atoms with Gasteiger partial charge in [0.25, 0.3) is 5.91 Å². The van der Waals surface area contributed by atoms with E-state index in [1.165, 1.54) is 17.4 Å². The Morgan fingerprint density at radius 2 is 2.10 bits per heavy atom. The summed E-state index contributed by atoms with van der Waals surface area (Å²) in [6, 6.07) is 3.69. The Bertz CT molecular complexity index is 618. The zero-order chi connectivity index (χ0) is 14.9. The Balaban J connectivity index is 2.12. The lowest BCUT2D eigenvalue weighted by Crippen LogP contribution is -2.12. The molecular formula is C12H8BrF3N2OS. The number of halogens is 4. The maximum atomic E-state index is 12.3. The molecule has 0 fully saturated rings. The number of anilines is 1. The number of carbonyl (C=O) groups is 1. The Labute approximate surface area is 125 Å². The highest BCUT2D eigenvalue weighted by atomic mass is 79.9. The van der Waals surface area contributed by atoms with E-state index in [0.29, 0.717) is 4.88 Å². The Morgan fingerprint density at radius 1 is 1.40 bits per heavy atom. The molecule has 0 saturated heterocycles. The minimum atomic E-state index is -4.49. The quantitative estimate of drug-likeness (QED) is 0.853. The van der Waals surface area contributed by atoms with Crippen LogP contribution in [0.25, 0.3) is 0 Å². The zero-order valence-corrected chi connectivity index (χ0v) is 12.5. The van der Waals surface area contributed by atoms with Gasteiger partial charge in [-0.2, -0.15) is 13.2 Å². The van der Waals surface area contributed by atoms with Gasteiger partial charge in [0, 0.05) is 0 Å². The molecule has 0 spiro atoms. The summed E-state index contributed by atoms with van der Waals surface area (Å²) in [6.07, 6.45) is -3.51. The van der Waals surface area contributed by atoms with Gasteiger partial charge in [0.1, 0.15) is 5.69 Å². The van der Waals surface area contributed by atoms with E-state index in [1.54, 1.807) is 6.07 Å². The van der Waals surface area contributed by atoms with Gasteiger partial charge in [0.15, 0.2) is 0 Å². The molecule has 1 amide bonds. The van der Waals surface area contributed by atoms with E-state index in [2.05, 4.69) is 26.2 Å². The molecule has 2 aromatic rings. The van der Waals surface area contributed by atoms with Crippen LogP contribution in [0.15, 0.2) is 28.2 Å². The number of pyridine rings is 1. The Hall–Kier alpha value is -1.41. The number of hydrogen-bond donors (Lipinski definition) is 1. The lowest BCUT2D eigenvalue weighted by molar-refractivity contribution is -0.141. The molecule has 0 aliphatic rings. The first-order valence-corrected chi connectivity index (χ1v) is 6.99. The molecule has 0 aliphatic heterocycles. The largest absolute Gasteiger partial charge is 0.433 e. The minimum absolute atomic E-state index is 0.213. The van der Waals surface area contributed by atoms with E-state index >= 15 is 0 Å². The van der Waals surface area contributed by atoms with Crippen LogP contribution in [-0.4, -0.2) is 10.9 Å². The third-order valence-electron chi connectivity index (χ3n) is 2.39. The fourth-order valence-electron chi connectivity index (χ4n) is 1.40. The fraction of sp³-hybridized carbons (Fsp3) is 0.167. The van der Waals surface area contributed by atoms with Gasteiger partial charge in [-0.05, 0) is 46.6 Å². The highest BCUT2D eigenvalue weighted by Crippen LogP contribution is 2.29. The average Bonchev–Trinajstić information content (AvgIpc) is 2.69. The molecule has 0 aromatic carbocycles. The van der Waals surface area contributed by atoms with Gasteiger partial charge in [-0.15, -0.1) is 11.3 Å². The van der Waals surface area contributed by atoms with Crippen LogP contribution in [0.1, 0.15) is 20.9 Å². The van der Waals surface area contributed by atoms with Crippen LogP contribution in [0, 0.1) is 6.92 Å². The second-order valence-corrected chi connectivity index (χ2v) is 6.32. The lowest BCUT2D eigenvalue weighted by atomic mass is 10.3. The highest BCUT2D eigenvalue weighted by Gasteiger charge is 2.32. The molecule has 0 saturated carbocycles. The van der Waals surface area contributed by atoms with Crippen molar-refractivity contribution in [3.8, 4) is 0 Å². The molecule has 2 rings (SSSR count). The second kappa shape index (κ2) is 5.53. The van der Waals surface area contributed by atoms with Crippen molar-refractivity contribution in [3.05, 3.63) is 44.3 Å². The van der Waals surface area contributed by atoms with Crippen molar-refractivity contribution < 1.29 is 18.0 Å². The van der Waals surface area contributed by atoms with Crippen molar-refractivity contribution in [1.82, 2.24) is 4.98 Å². The number of hydrogen-bond acceptors (Lipinski definition) is 3. The van der Waals surface area contributed by atoms with Gasteiger partial charge in [0.2, 0.25) is 0 Å². The van der Waals surface area contributed by atoms with E-state index in [-0.39, 0.29) is 11.6 Å². The fourth-order valence-corrected chi connectivity index (χ4v) is 2.83. The summed E-state index contributed by atoms with van der Waals surface area (Å²) in [5.41, 5.74) is 0.140. The first kappa shape index (κ1) is 15.0. The van der Waals surface area contributed by atoms with Gasteiger partial charge in [-0.25, -0.2) is 4.98 Å². The number of amides is 1.